The summed E-state index contributed by atoms with van der Waals surface area (Å²) in [6, 6.07) is 1.85. The molecule has 1 aromatic heterocycles. The number of rotatable bonds is 0. The molecule has 0 bridgehead atoms. The lowest BCUT2D eigenvalue weighted by atomic mass is 9.99. The Labute approximate surface area is 67.2 Å². The third-order valence-electron chi connectivity index (χ3n) is 1.00. The molecule has 1 rings (SSSR count). The molecule has 1 N–H and O–H groups in total. The number of halogens is 1. The van der Waals surface area contributed by atoms with Crippen LogP contribution in [0.4, 0.5) is 0 Å². The van der Waals surface area contributed by atoms with E-state index >= 15 is 0 Å². The SMILES string of the molecule is Bc1c[nH]c(=O)c(I)c1. The Hall–Kier alpha value is -0.255. The minimum Gasteiger partial charge on any atom is -0.329 e. The first-order valence-electron chi connectivity index (χ1n) is 2.55. The molecule has 0 aliphatic carbocycles. The van der Waals surface area contributed by atoms with E-state index < -0.39 is 0 Å². The van der Waals surface area contributed by atoms with Crippen molar-refractivity contribution in [2.24, 2.45) is 0 Å². The highest BCUT2D eigenvalue weighted by molar-refractivity contribution is 14.1. The Kier molecular flexibility index (Phi) is 1.95. The average Bonchev–Trinajstić information content (AvgIpc) is 1.80. The van der Waals surface area contributed by atoms with Gasteiger partial charge in [-0.25, -0.2) is 0 Å². The molecule has 2 nitrogen and oxygen atoms in total. The summed E-state index contributed by atoms with van der Waals surface area (Å²) in [6.45, 7) is 0. The molecular weight excluding hydrogens is 228 g/mol. The van der Waals surface area contributed by atoms with Crippen LogP contribution in [0.3, 0.4) is 0 Å². The van der Waals surface area contributed by atoms with Gasteiger partial charge in [-0.15, -0.1) is 0 Å². The van der Waals surface area contributed by atoms with E-state index in [1.807, 2.05) is 36.5 Å². The summed E-state index contributed by atoms with van der Waals surface area (Å²) < 4.78 is 0.743. The van der Waals surface area contributed by atoms with Crippen LogP contribution in [-0.4, -0.2) is 12.8 Å². The maximum absolute atomic E-state index is 10.7. The fourth-order valence-corrected chi connectivity index (χ4v) is 1.20. The number of pyridine rings is 1. The highest BCUT2D eigenvalue weighted by Gasteiger charge is 1.91. The number of aromatic nitrogens is 1. The largest absolute Gasteiger partial charge is 0.329 e. The van der Waals surface area contributed by atoms with Crippen molar-refractivity contribution >= 4 is 35.9 Å². The highest BCUT2D eigenvalue weighted by Crippen LogP contribution is 1.89. The lowest BCUT2D eigenvalue weighted by Gasteiger charge is -1.89. The Morgan fingerprint density at radius 2 is 2.33 bits per heavy atom. The maximum Gasteiger partial charge on any atom is 0.261 e. The fraction of sp³-hybridized carbons (Fsp3) is 0. The molecule has 0 aliphatic rings. The molecule has 1 heterocycles. The topological polar surface area (TPSA) is 32.9 Å². The monoisotopic (exact) mass is 233 g/mol. The highest BCUT2D eigenvalue weighted by atomic mass is 127. The first-order valence-corrected chi connectivity index (χ1v) is 3.63. The molecule has 0 amide bonds. The molecule has 0 radical (unpaired) electrons. The normalized spacial score (nSPS) is 9.44. The van der Waals surface area contributed by atoms with Crippen LogP contribution in [0.2, 0.25) is 0 Å². The van der Waals surface area contributed by atoms with Gasteiger partial charge in [0.2, 0.25) is 0 Å². The van der Waals surface area contributed by atoms with Crippen molar-refractivity contribution in [1.29, 1.82) is 0 Å². The lowest BCUT2D eigenvalue weighted by Crippen LogP contribution is -2.15. The Morgan fingerprint density at radius 1 is 1.67 bits per heavy atom. The molecule has 4 heteroatoms. The Balaban J connectivity index is 3.34. The maximum atomic E-state index is 10.7. The molecule has 46 valence electrons. The quantitative estimate of drug-likeness (QED) is 0.463. The van der Waals surface area contributed by atoms with Gasteiger partial charge in [-0.05, 0) is 34.9 Å². The van der Waals surface area contributed by atoms with Gasteiger partial charge in [-0.1, -0.05) is 5.46 Å². The first kappa shape index (κ1) is 6.86. The molecule has 0 aromatic carbocycles. The van der Waals surface area contributed by atoms with Crippen molar-refractivity contribution in [1.82, 2.24) is 4.98 Å². The molecule has 1 aromatic rings. The summed E-state index contributed by atoms with van der Waals surface area (Å²) in [5.41, 5.74) is 1.07. The molecule has 0 fully saturated rings. The van der Waals surface area contributed by atoms with E-state index in [0.29, 0.717) is 0 Å². The minimum atomic E-state index is -0.0128. The predicted octanol–water partition coefficient (Wildman–Crippen LogP) is -0.762. The second-order valence-electron chi connectivity index (χ2n) is 1.85. The van der Waals surface area contributed by atoms with E-state index in [1.165, 1.54) is 0 Å². The number of nitrogens with one attached hydrogen (secondary N) is 1. The van der Waals surface area contributed by atoms with E-state index in [-0.39, 0.29) is 5.56 Å². The van der Waals surface area contributed by atoms with Gasteiger partial charge in [0.1, 0.15) is 7.85 Å². The first-order chi connectivity index (χ1) is 4.20. The summed E-state index contributed by atoms with van der Waals surface area (Å²) in [5, 5.41) is 0. The van der Waals surface area contributed by atoms with Crippen molar-refractivity contribution in [3.05, 3.63) is 26.2 Å². The van der Waals surface area contributed by atoms with Crippen LogP contribution in [0.15, 0.2) is 17.1 Å². The third-order valence-corrected chi connectivity index (χ3v) is 1.80. The van der Waals surface area contributed by atoms with E-state index in [0.717, 1.165) is 9.03 Å². The molecular formula is C5H5BINO. The van der Waals surface area contributed by atoms with Gasteiger partial charge in [-0.2, -0.15) is 0 Å². The summed E-state index contributed by atoms with van der Waals surface area (Å²) in [4.78, 5) is 13.3. The van der Waals surface area contributed by atoms with Gasteiger partial charge >= 0.3 is 0 Å². The predicted molar refractivity (Wildman–Crippen MR) is 48.0 cm³/mol. The standard InChI is InChI=1S/C5H5BINO/c6-3-1-4(7)5(9)8-2-3/h1-2H,6H2,(H,8,9). The number of H-pyrrole nitrogens is 1. The van der Waals surface area contributed by atoms with E-state index in [2.05, 4.69) is 4.98 Å². The zero-order valence-electron chi connectivity index (χ0n) is 4.94. The second kappa shape index (κ2) is 2.55. The summed E-state index contributed by atoms with van der Waals surface area (Å²) in [7, 11) is 1.94. The van der Waals surface area contributed by atoms with Crippen molar-refractivity contribution in [3.63, 3.8) is 0 Å². The molecule has 0 atom stereocenters. The summed E-state index contributed by atoms with van der Waals surface area (Å²) in [5.74, 6) is 0. The van der Waals surface area contributed by atoms with Crippen LogP contribution in [-0.2, 0) is 0 Å². The summed E-state index contributed by atoms with van der Waals surface area (Å²) in [6.07, 6.45) is 1.70. The van der Waals surface area contributed by atoms with Crippen LogP contribution in [0.1, 0.15) is 0 Å². The Morgan fingerprint density at radius 3 is 2.78 bits per heavy atom. The van der Waals surface area contributed by atoms with Gasteiger partial charge in [0.15, 0.2) is 0 Å². The van der Waals surface area contributed by atoms with Crippen LogP contribution in [0.25, 0.3) is 0 Å². The van der Waals surface area contributed by atoms with Gasteiger partial charge in [0.05, 0.1) is 3.57 Å². The molecule has 9 heavy (non-hydrogen) atoms. The molecule has 0 unspecified atom stereocenters. The zero-order valence-corrected chi connectivity index (χ0v) is 7.10. The third kappa shape index (κ3) is 1.57. The number of aromatic amines is 1. The van der Waals surface area contributed by atoms with Gasteiger partial charge < -0.3 is 4.98 Å². The zero-order chi connectivity index (χ0) is 6.85. The van der Waals surface area contributed by atoms with Crippen molar-refractivity contribution in [3.8, 4) is 0 Å². The van der Waals surface area contributed by atoms with Crippen molar-refractivity contribution < 1.29 is 0 Å². The van der Waals surface area contributed by atoms with Crippen LogP contribution in [0, 0.1) is 3.57 Å². The van der Waals surface area contributed by atoms with Crippen LogP contribution >= 0.6 is 22.6 Å². The number of hydrogen-bond acceptors (Lipinski definition) is 1. The second-order valence-corrected chi connectivity index (χ2v) is 3.02. The average molecular weight is 233 g/mol. The molecule has 0 saturated carbocycles. The molecule has 0 aliphatic heterocycles. The van der Waals surface area contributed by atoms with E-state index in [4.69, 9.17) is 0 Å². The van der Waals surface area contributed by atoms with Crippen molar-refractivity contribution in [2.45, 2.75) is 0 Å². The van der Waals surface area contributed by atoms with Crippen molar-refractivity contribution in [2.75, 3.05) is 0 Å². The fourth-order valence-electron chi connectivity index (χ4n) is 0.555. The van der Waals surface area contributed by atoms with Crippen LogP contribution < -0.4 is 11.0 Å². The lowest BCUT2D eigenvalue weighted by molar-refractivity contribution is 1.23. The van der Waals surface area contributed by atoms with E-state index in [9.17, 15) is 4.79 Å². The van der Waals surface area contributed by atoms with Gasteiger partial charge in [-0.3, -0.25) is 4.79 Å². The molecule has 0 spiro atoms. The van der Waals surface area contributed by atoms with Gasteiger partial charge in [0, 0.05) is 0 Å². The van der Waals surface area contributed by atoms with E-state index in [1.54, 1.807) is 6.20 Å². The van der Waals surface area contributed by atoms with Gasteiger partial charge in [0.25, 0.3) is 5.56 Å². The minimum absolute atomic E-state index is 0.0128. The summed E-state index contributed by atoms with van der Waals surface area (Å²) >= 11 is 2.01. The Bertz CT molecular complexity index is 270. The smallest absolute Gasteiger partial charge is 0.261 e. The van der Waals surface area contributed by atoms with Crippen LogP contribution in [0.5, 0.6) is 0 Å². The molecule has 0 saturated heterocycles. The number of hydrogen-bond donors (Lipinski definition) is 1.